The molecule has 0 unspecified atom stereocenters. The van der Waals surface area contributed by atoms with Gasteiger partial charge in [0.05, 0.1) is 0 Å². The van der Waals surface area contributed by atoms with Crippen LogP contribution in [0.1, 0.15) is 26.2 Å². The maximum atomic E-state index is 8.01. The fourth-order valence-corrected chi connectivity index (χ4v) is 0.502. The van der Waals surface area contributed by atoms with Crippen molar-refractivity contribution in [2.45, 2.75) is 26.2 Å². The van der Waals surface area contributed by atoms with Crippen LogP contribution in [0.5, 0.6) is 0 Å². The van der Waals surface area contributed by atoms with Crippen LogP contribution in [0.4, 0.5) is 0 Å². The number of unbranched alkanes of at least 4 members (excludes halogenated alkanes) is 2. The van der Waals surface area contributed by atoms with Crippen molar-refractivity contribution in [2.75, 3.05) is 0 Å². The molecule has 0 rings (SSSR count). The van der Waals surface area contributed by atoms with Crippen molar-refractivity contribution < 1.29 is 5.11 Å². The predicted molar refractivity (Wildman–Crippen MR) is 38.4 cm³/mol. The van der Waals surface area contributed by atoms with Crippen LogP contribution in [0, 0.1) is 12.0 Å². The number of hydrogen-bond acceptors (Lipinski definition) is 1. The smallest absolute Gasteiger partial charge is 0.112 e. The first kappa shape index (κ1) is 8.10. The molecule has 1 heteroatoms. The number of allylic oxidation sites excluding steroid dienone is 2. The van der Waals surface area contributed by atoms with Crippen molar-refractivity contribution in [3.63, 3.8) is 0 Å². The number of rotatable bonds is 3. The Bertz CT molecular complexity index is 125. The third kappa shape index (κ3) is 7.10. The normalized spacial score (nSPS) is 9.00. The minimum absolute atomic E-state index is 1.06. The van der Waals surface area contributed by atoms with Gasteiger partial charge < -0.3 is 5.11 Å². The highest BCUT2D eigenvalue weighted by atomic mass is 16.2. The summed E-state index contributed by atoms with van der Waals surface area (Å²) in [5.41, 5.74) is 0. The van der Waals surface area contributed by atoms with Crippen LogP contribution >= 0.6 is 0 Å². The molecular formula is C8H12O. The zero-order chi connectivity index (χ0) is 6.95. The molecule has 0 amide bonds. The van der Waals surface area contributed by atoms with E-state index in [0.717, 1.165) is 6.42 Å². The summed E-state index contributed by atoms with van der Waals surface area (Å²) < 4.78 is 0. The van der Waals surface area contributed by atoms with Crippen LogP contribution < -0.4 is 0 Å². The lowest BCUT2D eigenvalue weighted by Crippen LogP contribution is -1.64. The van der Waals surface area contributed by atoms with Crippen LogP contribution in [-0.4, -0.2) is 5.11 Å². The standard InChI is InChI=1S/C8H12O/c1-2-3-4-5-6-7-8-9/h5-6,9H,2-4H2,1H3. The van der Waals surface area contributed by atoms with Gasteiger partial charge in [-0.05, 0) is 18.4 Å². The molecule has 0 aliphatic carbocycles. The molecule has 0 aromatic rings. The Kier molecular flexibility index (Phi) is 6.39. The molecule has 0 saturated carbocycles. The highest BCUT2D eigenvalue weighted by Crippen LogP contribution is 1.93. The van der Waals surface area contributed by atoms with Crippen LogP contribution in [0.2, 0.25) is 0 Å². The average molecular weight is 124 g/mol. The minimum Gasteiger partial charge on any atom is -0.462 e. The molecular weight excluding hydrogens is 112 g/mol. The van der Waals surface area contributed by atoms with Gasteiger partial charge in [-0.25, -0.2) is 0 Å². The number of hydrogen-bond donors (Lipinski definition) is 1. The summed E-state index contributed by atoms with van der Waals surface area (Å²) >= 11 is 0. The summed E-state index contributed by atoms with van der Waals surface area (Å²) in [4.78, 5) is 0. The van der Waals surface area contributed by atoms with E-state index in [-0.39, 0.29) is 0 Å². The first-order chi connectivity index (χ1) is 4.41. The maximum absolute atomic E-state index is 8.01. The van der Waals surface area contributed by atoms with Crippen LogP contribution in [0.25, 0.3) is 0 Å². The first-order valence-electron chi connectivity index (χ1n) is 3.21. The zero-order valence-corrected chi connectivity index (χ0v) is 5.72. The van der Waals surface area contributed by atoms with E-state index in [0.29, 0.717) is 0 Å². The predicted octanol–water partition coefficient (Wildman–Crippen LogP) is 2.07. The SMILES string of the molecule is CCCCC=CC#CO. The van der Waals surface area contributed by atoms with Crippen molar-refractivity contribution in [1.29, 1.82) is 0 Å². The second-order valence-electron chi connectivity index (χ2n) is 1.80. The largest absolute Gasteiger partial charge is 0.462 e. The molecule has 0 bridgehead atoms. The third-order valence-corrected chi connectivity index (χ3v) is 0.990. The Morgan fingerprint density at radius 2 is 2.33 bits per heavy atom. The van der Waals surface area contributed by atoms with Gasteiger partial charge in [-0.3, -0.25) is 0 Å². The van der Waals surface area contributed by atoms with Gasteiger partial charge in [0.15, 0.2) is 0 Å². The minimum atomic E-state index is 1.06. The van der Waals surface area contributed by atoms with E-state index < -0.39 is 0 Å². The van der Waals surface area contributed by atoms with Crippen molar-refractivity contribution in [3.8, 4) is 12.0 Å². The molecule has 0 aliphatic rings. The summed E-state index contributed by atoms with van der Waals surface area (Å²) in [6.07, 6.45) is 8.91. The summed E-state index contributed by atoms with van der Waals surface area (Å²) in [5, 5.41) is 8.01. The fourth-order valence-electron chi connectivity index (χ4n) is 0.502. The molecule has 0 saturated heterocycles. The monoisotopic (exact) mass is 124 g/mol. The van der Waals surface area contributed by atoms with Gasteiger partial charge in [0, 0.05) is 0 Å². The summed E-state index contributed by atoms with van der Waals surface area (Å²) in [6, 6.07) is 0. The van der Waals surface area contributed by atoms with Gasteiger partial charge in [-0.15, -0.1) is 0 Å². The van der Waals surface area contributed by atoms with E-state index in [1.165, 1.54) is 12.8 Å². The Morgan fingerprint density at radius 1 is 1.56 bits per heavy atom. The number of aliphatic hydroxyl groups excluding tert-OH is 1. The van der Waals surface area contributed by atoms with Crippen LogP contribution in [0.3, 0.4) is 0 Å². The number of aliphatic hydroxyl groups is 1. The highest BCUT2D eigenvalue weighted by molar-refractivity contribution is 5.10. The molecule has 1 nitrogen and oxygen atoms in total. The summed E-state index contributed by atoms with van der Waals surface area (Å²) in [7, 11) is 0. The van der Waals surface area contributed by atoms with Crippen molar-refractivity contribution in [1.82, 2.24) is 0 Å². The molecule has 0 aliphatic heterocycles. The first-order valence-corrected chi connectivity index (χ1v) is 3.21. The maximum Gasteiger partial charge on any atom is 0.112 e. The molecule has 0 aromatic carbocycles. The molecule has 0 radical (unpaired) electrons. The molecule has 0 fully saturated rings. The molecule has 0 spiro atoms. The van der Waals surface area contributed by atoms with Gasteiger partial charge >= 0.3 is 0 Å². The van der Waals surface area contributed by atoms with Gasteiger partial charge in [-0.2, -0.15) is 0 Å². The van der Waals surface area contributed by atoms with Gasteiger partial charge in [0.2, 0.25) is 0 Å². The molecule has 50 valence electrons. The zero-order valence-electron chi connectivity index (χ0n) is 5.72. The van der Waals surface area contributed by atoms with Crippen molar-refractivity contribution in [2.24, 2.45) is 0 Å². The molecule has 1 N–H and O–H groups in total. The summed E-state index contributed by atoms with van der Waals surface area (Å²) in [5.74, 6) is 2.43. The molecule has 9 heavy (non-hydrogen) atoms. The van der Waals surface area contributed by atoms with Gasteiger partial charge in [0.25, 0.3) is 0 Å². The van der Waals surface area contributed by atoms with Crippen LogP contribution in [-0.2, 0) is 0 Å². The van der Waals surface area contributed by atoms with E-state index >= 15 is 0 Å². The Labute approximate surface area is 56.4 Å². The highest BCUT2D eigenvalue weighted by Gasteiger charge is 1.74. The molecule has 0 atom stereocenters. The van der Waals surface area contributed by atoms with Crippen molar-refractivity contribution >= 4 is 0 Å². The Hall–Kier alpha value is -0.900. The van der Waals surface area contributed by atoms with Gasteiger partial charge in [0.1, 0.15) is 6.11 Å². The fraction of sp³-hybridized carbons (Fsp3) is 0.500. The second kappa shape index (κ2) is 7.10. The van der Waals surface area contributed by atoms with Crippen LogP contribution in [0.15, 0.2) is 12.2 Å². The van der Waals surface area contributed by atoms with E-state index in [2.05, 4.69) is 12.8 Å². The van der Waals surface area contributed by atoms with E-state index in [1.807, 2.05) is 12.2 Å². The lowest BCUT2D eigenvalue weighted by atomic mass is 10.2. The van der Waals surface area contributed by atoms with E-state index in [1.54, 1.807) is 6.08 Å². The molecule has 0 aromatic heterocycles. The average Bonchev–Trinajstić information content (AvgIpc) is 1.89. The quantitative estimate of drug-likeness (QED) is 0.451. The lowest BCUT2D eigenvalue weighted by Gasteiger charge is -1.83. The second-order valence-corrected chi connectivity index (χ2v) is 1.80. The third-order valence-electron chi connectivity index (χ3n) is 0.990. The van der Waals surface area contributed by atoms with Crippen molar-refractivity contribution in [3.05, 3.63) is 12.2 Å². The van der Waals surface area contributed by atoms with E-state index in [4.69, 9.17) is 5.11 Å². The Balaban J connectivity index is 3.11. The Morgan fingerprint density at radius 3 is 2.89 bits per heavy atom. The topological polar surface area (TPSA) is 20.2 Å². The summed E-state index contributed by atoms with van der Waals surface area (Å²) in [6.45, 7) is 2.14. The van der Waals surface area contributed by atoms with E-state index in [9.17, 15) is 0 Å². The van der Waals surface area contributed by atoms with Gasteiger partial charge in [-0.1, -0.05) is 25.8 Å². The lowest BCUT2D eigenvalue weighted by molar-refractivity contribution is 0.517. The molecule has 0 heterocycles.